The Kier molecular flexibility index (Phi) is 3.22. The van der Waals surface area contributed by atoms with Gasteiger partial charge in [0.1, 0.15) is 5.75 Å². The van der Waals surface area contributed by atoms with Crippen molar-refractivity contribution in [2.45, 2.75) is 31.7 Å². The van der Waals surface area contributed by atoms with Crippen molar-refractivity contribution in [2.75, 3.05) is 0 Å². The number of hydrogen-bond donors (Lipinski definition) is 1. The van der Waals surface area contributed by atoms with Crippen LogP contribution >= 0.6 is 0 Å². The summed E-state index contributed by atoms with van der Waals surface area (Å²) in [6.45, 7) is 2.14. The van der Waals surface area contributed by atoms with Gasteiger partial charge in [0.05, 0.1) is 0 Å². The van der Waals surface area contributed by atoms with Crippen LogP contribution < -0.4 is 10.5 Å². The summed E-state index contributed by atoms with van der Waals surface area (Å²) in [4.78, 5) is 4.33. The molecule has 2 unspecified atom stereocenters. The second-order valence-electron chi connectivity index (χ2n) is 5.04. The van der Waals surface area contributed by atoms with E-state index in [-0.39, 0.29) is 0 Å². The first-order chi connectivity index (χ1) is 9.26. The third kappa shape index (κ3) is 2.76. The highest BCUT2D eigenvalue weighted by molar-refractivity contribution is 5.32. The lowest BCUT2D eigenvalue weighted by Crippen LogP contribution is -2.01. The SMILES string of the molecule is CCc1ccc(Oc2ccc(C3CC3N)cn2)cc1. The van der Waals surface area contributed by atoms with Gasteiger partial charge in [-0.1, -0.05) is 25.1 Å². The fourth-order valence-corrected chi connectivity index (χ4v) is 2.18. The lowest BCUT2D eigenvalue weighted by Gasteiger charge is -2.06. The van der Waals surface area contributed by atoms with Crippen molar-refractivity contribution in [1.82, 2.24) is 4.98 Å². The van der Waals surface area contributed by atoms with Gasteiger partial charge in [0, 0.05) is 24.2 Å². The highest BCUT2D eigenvalue weighted by Gasteiger charge is 2.34. The Labute approximate surface area is 113 Å². The number of aromatic nitrogens is 1. The summed E-state index contributed by atoms with van der Waals surface area (Å²) >= 11 is 0. The summed E-state index contributed by atoms with van der Waals surface area (Å²) in [7, 11) is 0. The minimum Gasteiger partial charge on any atom is -0.439 e. The van der Waals surface area contributed by atoms with Crippen LogP contribution in [0.5, 0.6) is 11.6 Å². The van der Waals surface area contributed by atoms with Crippen molar-refractivity contribution in [2.24, 2.45) is 5.73 Å². The van der Waals surface area contributed by atoms with Gasteiger partial charge in [-0.25, -0.2) is 4.98 Å². The Morgan fingerprint density at radius 1 is 1.21 bits per heavy atom. The standard InChI is InChI=1S/C16H18N2O/c1-2-11-3-6-13(7-4-11)19-16-8-5-12(10-18-16)14-9-15(14)17/h3-8,10,14-15H,2,9,17H2,1H3. The number of rotatable bonds is 4. The molecular formula is C16H18N2O. The Balaban J connectivity index is 1.68. The number of nitrogens with two attached hydrogens (primary N) is 1. The number of hydrogen-bond acceptors (Lipinski definition) is 3. The summed E-state index contributed by atoms with van der Waals surface area (Å²) in [6, 6.07) is 12.4. The molecule has 2 N–H and O–H groups in total. The molecule has 2 aromatic rings. The molecule has 0 spiro atoms. The van der Waals surface area contributed by atoms with Crippen LogP contribution in [0.25, 0.3) is 0 Å². The van der Waals surface area contributed by atoms with Gasteiger partial charge in [0.2, 0.25) is 5.88 Å². The Hall–Kier alpha value is -1.87. The van der Waals surface area contributed by atoms with Gasteiger partial charge in [0.25, 0.3) is 0 Å². The first-order valence-electron chi connectivity index (χ1n) is 6.74. The second kappa shape index (κ2) is 5.02. The number of ether oxygens (including phenoxy) is 1. The smallest absolute Gasteiger partial charge is 0.219 e. The van der Waals surface area contributed by atoms with Crippen LogP contribution in [0.4, 0.5) is 0 Å². The summed E-state index contributed by atoms with van der Waals surface area (Å²) in [5.74, 6) is 1.94. The quantitative estimate of drug-likeness (QED) is 0.911. The van der Waals surface area contributed by atoms with E-state index in [9.17, 15) is 0 Å². The number of pyridine rings is 1. The first kappa shape index (κ1) is 12.2. The third-order valence-electron chi connectivity index (χ3n) is 3.58. The van der Waals surface area contributed by atoms with E-state index in [1.807, 2.05) is 24.4 Å². The molecule has 0 radical (unpaired) electrons. The van der Waals surface area contributed by atoms with Gasteiger partial charge in [-0.2, -0.15) is 0 Å². The van der Waals surface area contributed by atoms with Gasteiger partial charge in [-0.15, -0.1) is 0 Å². The molecule has 1 heterocycles. The molecule has 19 heavy (non-hydrogen) atoms. The maximum absolute atomic E-state index is 5.83. The zero-order valence-corrected chi connectivity index (χ0v) is 11.0. The fourth-order valence-electron chi connectivity index (χ4n) is 2.18. The lowest BCUT2D eigenvalue weighted by atomic mass is 10.2. The minimum absolute atomic E-state index is 0.315. The van der Waals surface area contributed by atoms with Crippen molar-refractivity contribution >= 4 is 0 Å². The van der Waals surface area contributed by atoms with E-state index in [1.165, 1.54) is 11.1 Å². The summed E-state index contributed by atoms with van der Waals surface area (Å²) in [5, 5.41) is 0. The Morgan fingerprint density at radius 3 is 2.47 bits per heavy atom. The molecule has 0 amide bonds. The summed E-state index contributed by atoms with van der Waals surface area (Å²) < 4.78 is 5.72. The van der Waals surface area contributed by atoms with E-state index < -0.39 is 0 Å². The van der Waals surface area contributed by atoms with Crippen LogP contribution in [0.1, 0.15) is 30.4 Å². The van der Waals surface area contributed by atoms with E-state index in [2.05, 4.69) is 30.1 Å². The largest absolute Gasteiger partial charge is 0.439 e. The highest BCUT2D eigenvalue weighted by Crippen LogP contribution is 2.38. The molecule has 2 atom stereocenters. The van der Waals surface area contributed by atoms with E-state index in [0.29, 0.717) is 17.8 Å². The lowest BCUT2D eigenvalue weighted by molar-refractivity contribution is 0.462. The van der Waals surface area contributed by atoms with Gasteiger partial charge in [-0.3, -0.25) is 0 Å². The maximum Gasteiger partial charge on any atom is 0.219 e. The molecule has 0 bridgehead atoms. The monoisotopic (exact) mass is 254 g/mol. The van der Waals surface area contributed by atoms with Crippen LogP contribution in [0.2, 0.25) is 0 Å². The van der Waals surface area contributed by atoms with Gasteiger partial charge >= 0.3 is 0 Å². The Bertz CT molecular complexity index is 548. The molecule has 1 aromatic heterocycles. The zero-order chi connectivity index (χ0) is 13.2. The van der Waals surface area contributed by atoms with Crippen molar-refractivity contribution in [3.05, 3.63) is 53.7 Å². The minimum atomic E-state index is 0.315. The summed E-state index contributed by atoms with van der Waals surface area (Å²) in [6.07, 6.45) is 3.97. The summed E-state index contributed by atoms with van der Waals surface area (Å²) in [5.41, 5.74) is 8.34. The molecule has 3 nitrogen and oxygen atoms in total. The predicted molar refractivity (Wildman–Crippen MR) is 75.5 cm³/mol. The Morgan fingerprint density at radius 2 is 1.95 bits per heavy atom. The molecule has 0 saturated heterocycles. The van der Waals surface area contributed by atoms with Crippen molar-refractivity contribution < 1.29 is 4.74 Å². The van der Waals surface area contributed by atoms with Crippen LogP contribution in [-0.4, -0.2) is 11.0 Å². The van der Waals surface area contributed by atoms with E-state index in [1.54, 1.807) is 0 Å². The highest BCUT2D eigenvalue weighted by atomic mass is 16.5. The molecule has 1 fully saturated rings. The molecule has 3 rings (SSSR count). The number of benzene rings is 1. The average Bonchev–Trinajstić information content (AvgIpc) is 3.18. The molecule has 1 aliphatic carbocycles. The maximum atomic E-state index is 5.83. The van der Waals surface area contributed by atoms with Crippen molar-refractivity contribution in [1.29, 1.82) is 0 Å². The molecule has 1 aromatic carbocycles. The fraction of sp³-hybridized carbons (Fsp3) is 0.312. The van der Waals surface area contributed by atoms with Crippen LogP contribution in [0.3, 0.4) is 0 Å². The number of nitrogens with zero attached hydrogens (tertiary/aromatic N) is 1. The van der Waals surface area contributed by atoms with Gasteiger partial charge in [0.15, 0.2) is 0 Å². The average molecular weight is 254 g/mol. The first-order valence-corrected chi connectivity index (χ1v) is 6.74. The van der Waals surface area contributed by atoms with Crippen molar-refractivity contribution in [3.63, 3.8) is 0 Å². The van der Waals surface area contributed by atoms with E-state index in [4.69, 9.17) is 10.5 Å². The zero-order valence-electron chi connectivity index (χ0n) is 11.0. The van der Waals surface area contributed by atoms with Gasteiger partial charge in [-0.05, 0) is 36.1 Å². The molecule has 98 valence electrons. The molecule has 0 aliphatic heterocycles. The van der Waals surface area contributed by atoms with E-state index in [0.717, 1.165) is 18.6 Å². The van der Waals surface area contributed by atoms with Gasteiger partial charge < -0.3 is 10.5 Å². The molecule has 1 saturated carbocycles. The van der Waals surface area contributed by atoms with E-state index >= 15 is 0 Å². The third-order valence-corrected chi connectivity index (χ3v) is 3.58. The molecule has 3 heteroatoms. The van der Waals surface area contributed by atoms with Crippen molar-refractivity contribution in [3.8, 4) is 11.6 Å². The van der Waals surface area contributed by atoms with Crippen LogP contribution in [-0.2, 0) is 6.42 Å². The predicted octanol–water partition coefficient (Wildman–Crippen LogP) is 3.25. The molecule has 1 aliphatic rings. The number of aryl methyl sites for hydroxylation is 1. The van der Waals surface area contributed by atoms with Crippen LogP contribution in [0.15, 0.2) is 42.6 Å². The normalized spacial score (nSPS) is 21.2. The molecular weight excluding hydrogens is 236 g/mol. The second-order valence-corrected chi connectivity index (χ2v) is 5.04. The topological polar surface area (TPSA) is 48.1 Å². The van der Waals surface area contributed by atoms with Crippen LogP contribution in [0, 0.1) is 0 Å².